The number of fused-ring (bicyclic) bond motifs is 1. The first-order chi connectivity index (χ1) is 7.24. The third kappa shape index (κ3) is 1.55. The van der Waals surface area contributed by atoms with E-state index in [2.05, 4.69) is 10.0 Å². The fourth-order valence-electron chi connectivity index (χ4n) is 1.72. The average Bonchev–Trinajstić information content (AvgIpc) is 2.57. The molecule has 1 heterocycles. The van der Waals surface area contributed by atoms with Gasteiger partial charge < -0.3 is 4.42 Å². The van der Waals surface area contributed by atoms with Crippen molar-refractivity contribution in [2.45, 2.75) is 19.9 Å². The van der Waals surface area contributed by atoms with Crippen LogP contribution in [-0.2, 0) is 0 Å². The van der Waals surface area contributed by atoms with E-state index in [0.29, 0.717) is 0 Å². The molecule has 1 aromatic heterocycles. The van der Waals surface area contributed by atoms with Crippen molar-refractivity contribution in [2.75, 3.05) is 0 Å². The number of aryl methyl sites for hydroxylation is 1. The molecule has 15 heavy (non-hydrogen) atoms. The van der Waals surface area contributed by atoms with Crippen LogP contribution in [0.4, 0.5) is 0 Å². The molecule has 2 rings (SSSR count). The zero-order valence-electron chi connectivity index (χ0n) is 8.64. The Balaban J connectivity index is 2.62. The SMILES string of the molecule is Cc1c([C@H](C)N=[N+]=[N-])oc2ccccc12. The number of hydrogen-bond donors (Lipinski definition) is 0. The van der Waals surface area contributed by atoms with Gasteiger partial charge in [-0.3, -0.25) is 0 Å². The molecule has 1 aromatic carbocycles. The number of benzene rings is 1. The fraction of sp³-hybridized carbons (Fsp3) is 0.273. The highest BCUT2D eigenvalue weighted by Crippen LogP contribution is 2.30. The quantitative estimate of drug-likeness (QED) is 0.409. The van der Waals surface area contributed by atoms with E-state index in [0.717, 1.165) is 22.3 Å². The number of hydrogen-bond acceptors (Lipinski definition) is 2. The molecule has 0 spiro atoms. The molecule has 0 N–H and O–H groups in total. The van der Waals surface area contributed by atoms with E-state index in [9.17, 15) is 0 Å². The van der Waals surface area contributed by atoms with E-state index in [1.54, 1.807) is 0 Å². The van der Waals surface area contributed by atoms with E-state index in [-0.39, 0.29) is 6.04 Å². The maximum atomic E-state index is 8.38. The lowest BCUT2D eigenvalue weighted by Crippen LogP contribution is -1.87. The van der Waals surface area contributed by atoms with Gasteiger partial charge in [0.1, 0.15) is 11.3 Å². The largest absolute Gasteiger partial charge is 0.460 e. The van der Waals surface area contributed by atoms with Crippen molar-refractivity contribution < 1.29 is 4.42 Å². The number of para-hydroxylation sites is 1. The van der Waals surface area contributed by atoms with Gasteiger partial charge in [-0.05, 0) is 31.0 Å². The second kappa shape index (κ2) is 3.67. The summed E-state index contributed by atoms with van der Waals surface area (Å²) in [5.41, 5.74) is 10.3. The third-order valence-corrected chi connectivity index (χ3v) is 2.48. The molecule has 0 saturated carbocycles. The molecule has 4 heteroatoms. The minimum atomic E-state index is -0.262. The highest BCUT2D eigenvalue weighted by atomic mass is 16.3. The lowest BCUT2D eigenvalue weighted by molar-refractivity contribution is 0.508. The van der Waals surface area contributed by atoms with Crippen molar-refractivity contribution >= 4 is 11.0 Å². The van der Waals surface area contributed by atoms with Crippen molar-refractivity contribution in [3.05, 3.63) is 46.0 Å². The maximum absolute atomic E-state index is 8.38. The Bertz CT molecular complexity index is 538. The molecule has 76 valence electrons. The van der Waals surface area contributed by atoms with Gasteiger partial charge in [0, 0.05) is 10.3 Å². The summed E-state index contributed by atoms with van der Waals surface area (Å²) >= 11 is 0. The van der Waals surface area contributed by atoms with Crippen molar-refractivity contribution in [1.29, 1.82) is 0 Å². The molecule has 1 atom stereocenters. The van der Waals surface area contributed by atoms with Crippen LogP contribution in [0.25, 0.3) is 21.4 Å². The van der Waals surface area contributed by atoms with Crippen LogP contribution in [0.1, 0.15) is 24.3 Å². The van der Waals surface area contributed by atoms with Gasteiger partial charge in [-0.15, -0.1) is 0 Å². The summed E-state index contributed by atoms with van der Waals surface area (Å²) < 4.78 is 5.65. The van der Waals surface area contributed by atoms with Crippen molar-refractivity contribution in [3.63, 3.8) is 0 Å². The van der Waals surface area contributed by atoms with Crippen LogP contribution in [0.3, 0.4) is 0 Å². The molecule has 0 aliphatic carbocycles. The topological polar surface area (TPSA) is 61.9 Å². The Hall–Kier alpha value is -1.93. The normalized spacial score (nSPS) is 12.4. The molecule has 4 nitrogen and oxygen atoms in total. The Morgan fingerprint density at radius 2 is 2.13 bits per heavy atom. The molecule has 0 fully saturated rings. The van der Waals surface area contributed by atoms with Gasteiger partial charge in [0.15, 0.2) is 0 Å². The lowest BCUT2D eigenvalue weighted by Gasteiger charge is -2.00. The van der Waals surface area contributed by atoms with Gasteiger partial charge >= 0.3 is 0 Å². The van der Waals surface area contributed by atoms with Crippen LogP contribution >= 0.6 is 0 Å². The summed E-state index contributed by atoms with van der Waals surface area (Å²) in [5.74, 6) is 0.744. The van der Waals surface area contributed by atoms with Crippen LogP contribution in [0.5, 0.6) is 0 Å². The van der Waals surface area contributed by atoms with E-state index in [1.807, 2.05) is 38.1 Å². The first kappa shape index (κ1) is 9.62. The maximum Gasteiger partial charge on any atom is 0.134 e. The summed E-state index contributed by atoms with van der Waals surface area (Å²) in [6, 6.07) is 7.54. The van der Waals surface area contributed by atoms with Gasteiger partial charge in [0.25, 0.3) is 0 Å². The molecule has 0 aliphatic heterocycles. The Labute approximate surface area is 87.1 Å². The predicted octanol–water partition coefficient (Wildman–Crippen LogP) is 4.11. The van der Waals surface area contributed by atoms with Crippen LogP contribution in [0.15, 0.2) is 33.8 Å². The Kier molecular flexibility index (Phi) is 2.35. The number of furan rings is 1. The summed E-state index contributed by atoms with van der Waals surface area (Å²) in [4.78, 5) is 2.79. The second-order valence-electron chi connectivity index (χ2n) is 3.47. The number of nitrogens with zero attached hydrogens (tertiary/aromatic N) is 3. The Morgan fingerprint density at radius 3 is 2.80 bits per heavy atom. The number of rotatable bonds is 2. The van der Waals surface area contributed by atoms with E-state index < -0.39 is 0 Å². The highest BCUT2D eigenvalue weighted by molar-refractivity contribution is 5.82. The molecule has 0 aliphatic rings. The monoisotopic (exact) mass is 201 g/mol. The molecule has 0 bridgehead atoms. The fourth-order valence-corrected chi connectivity index (χ4v) is 1.72. The first-order valence-corrected chi connectivity index (χ1v) is 4.76. The summed E-state index contributed by atoms with van der Waals surface area (Å²) in [6.07, 6.45) is 0. The summed E-state index contributed by atoms with van der Waals surface area (Å²) in [5, 5.41) is 4.71. The average molecular weight is 201 g/mol. The van der Waals surface area contributed by atoms with Gasteiger partial charge in [0.05, 0.1) is 6.04 Å². The van der Waals surface area contributed by atoms with Gasteiger partial charge in [-0.25, -0.2) is 0 Å². The standard InChI is InChI=1S/C11H11N3O/c1-7-9-5-3-4-6-10(9)15-11(7)8(2)13-14-12/h3-6,8H,1-2H3/t8-/m0/s1. The molecular weight excluding hydrogens is 190 g/mol. The highest BCUT2D eigenvalue weighted by Gasteiger charge is 2.14. The minimum absolute atomic E-state index is 0.262. The second-order valence-corrected chi connectivity index (χ2v) is 3.47. The molecule has 0 saturated heterocycles. The minimum Gasteiger partial charge on any atom is -0.460 e. The van der Waals surface area contributed by atoms with E-state index in [4.69, 9.17) is 9.95 Å². The zero-order chi connectivity index (χ0) is 10.8. The van der Waals surface area contributed by atoms with E-state index >= 15 is 0 Å². The number of azide groups is 1. The molecule has 0 radical (unpaired) electrons. The summed E-state index contributed by atoms with van der Waals surface area (Å²) in [6.45, 7) is 3.80. The molecule has 2 aromatic rings. The van der Waals surface area contributed by atoms with Crippen LogP contribution in [0, 0.1) is 6.92 Å². The van der Waals surface area contributed by atoms with Crippen molar-refractivity contribution in [2.24, 2.45) is 5.11 Å². The predicted molar refractivity (Wildman–Crippen MR) is 58.5 cm³/mol. The summed E-state index contributed by atoms with van der Waals surface area (Å²) in [7, 11) is 0. The van der Waals surface area contributed by atoms with Gasteiger partial charge in [0.2, 0.25) is 0 Å². The van der Waals surface area contributed by atoms with Crippen molar-refractivity contribution in [1.82, 2.24) is 0 Å². The first-order valence-electron chi connectivity index (χ1n) is 4.76. The lowest BCUT2D eigenvalue weighted by atomic mass is 10.1. The van der Waals surface area contributed by atoms with Gasteiger partial charge in [-0.2, -0.15) is 0 Å². The van der Waals surface area contributed by atoms with Crippen molar-refractivity contribution in [3.8, 4) is 0 Å². The molecular formula is C11H11N3O. The zero-order valence-corrected chi connectivity index (χ0v) is 8.64. The van der Waals surface area contributed by atoms with Gasteiger partial charge in [-0.1, -0.05) is 23.3 Å². The third-order valence-electron chi connectivity index (χ3n) is 2.48. The smallest absolute Gasteiger partial charge is 0.134 e. The Morgan fingerprint density at radius 1 is 1.40 bits per heavy atom. The van der Waals surface area contributed by atoms with Crippen LogP contribution < -0.4 is 0 Å². The molecule has 0 amide bonds. The van der Waals surface area contributed by atoms with Crippen LogP contribution in [-0.4, -0.2) is 0 Å². The van der Waals surface area contributed by atoms with Crippen LogP contribution in [0.2, 0.25) is 0 Å². The van der Waals surface area contributed by atoms with E-state index in [1.165, 1.54) is 0 Å². The molecule has 0 unspecified atom stereocenters.